The Hall–Kier alpha value is -4.39. The summed E-state index contributed by atoms with van der Waals surface area (Å²) in [7, 11) is 3.19. The smallest absolute Gasteiger partial charge is 0.259 e. The van der Waals surface area contributed by atoms with Crippen LogP contribution in [-0.4, -0.2) is 35.1 Å². The van der Waals surface area contributed by atoms with Crippen LogP contribution < -0.4 is 14.8 Å². The largest absolute Gasteiger partial charge is 0.497 e. The Labute approximate surface area is 190 Å². The molecule has 1 aromatic heterocycles. The summed E-state index contributed by atoms with van der Waals surface area (Å²) in [6.07, 6.45) is 0. The van der Waals surface area contributed by atoms with Gasteiger partial charge >= 0.3 is 0 Å². The molecule has 164 valence electrons. The first-order valence-corrected chi connectivity index (χ1v) is 10.5. The van der Waals surface area contributed by atoms with E-state index in [0.717, 1.165) is 33.3 Å². The minimum atomic E-state index is -0.248. The number of carbonyl (C=O) groups is 1. The van der Waals surface area contributed by atoms with Gasteiger partial charge in [0.15, 0.2) is 0 Å². The second-order valence-electron chi connectivity index (χ2n) is 7.70. The van der Waals surface area contributed by atoms with Gasteiger partial charge in [-0.1, -0.05) is 24.3 Å². The van der Waals surface area contributed by atoms with E-state index in [1.54, 1.807) is 19.0 Å². The molecule has 4 aromatic carbocycles. The Balaban J connectivity index is 1.48. The van der Waals surface area contributed by atoms with Gasteiger partial charge in [-0.2, -0.15) is 4.80 Å². The van der Waals surface area contributed by atoms with E-state index in [1.165, 1.54) is 0 Å². The van der Waals surface area contributed by atoms with Crippen LogP contribution in [0.1, 0.15) is 15.9 Å². The highest BCUT2D eigenvalue weighted by atomic mass is 16.5. The highest BCUT2D eigenvalue weighted by Crippen LogP contribution is 2.28. The predicted molar refractivity (Wildman–Crippen MR) is 129 cm³/mol. The number of methoxy groups -OCH3 is 2. The van der Waals surface area contributed by atoms with Crippen LogP contribution in [0.5, 0.6) is 11.5 Å². The average Bonchev–Trinajstić information content (AvgIpc) is 3.26. The molecule has 0 spiro atoms. The van der Waals surface area contributed by atoms with E-state index in [9.17, 15) is 4.79 Å². The Morgan fingerprint density at radius 3 is 2.18 bits per heavy atom. The molecule has 0 radical (unpaired) electrons. The number of hydrogen-bond donors (Lipinski definition) is 1. The molecule has 33 heavy (non-hydrogen) atoms. The molecule has 7 heteroatoms. The molecule has 0 bridgehead atoms. The van der Waals surface area contributed by atoms with Crippen LogP contribution in [0, 0.1) is 6.92 Å². The molecule has 0 saturated carbocycles. The number of carbonyl (C=O) groups excluding carboxylic acids is 1. The molecule has 0 aliphatic carbocycles. The molecule has 0 aliphatic rings. The number of benzene rings is 4. The Kier molecular flexibility index (Phi) is 5.14. The molecular weight excluding hydrogens is 416 g/mol. The van der Waals surface area contributed by atoms with Crippen LogP contribution in [0.3, 0.4) is 0 Å². The second-order valence-corrected chi connectivity index (χ2v) is 7.70. The normalized spacial score (nSPS) is 11.0. The van der Waals surface area contributed by atoms with Crippen LogP contribution >= 0.6 is 0 Å². The van der Waals surface area contributed by atoms with Crippen molar-refractivity contribution in [3.05, 3.63) is 83.9 Å². The number of nitrogens with zero attached hydrogens (tertiary/aromatic N) is 3. The number of anilines is 1. The number of fused-ring (bicyclic) bond motifs is 2. The number of hydrogen-bond acceptors (Lipinski definition) is 5. The summed E-state index contributed by atoms with van der Waals surface area (Å²) in [6.45, 7) is 1.93. The standard InChI is InChI=1S/C26H22N4O3/c1-16-12-23-24(29-30(28-23)19-8-10-20(32-2)11-9-19)15-22(16)27-26(31)21-13-17-6-4-5-7-18(17)14-25(21)33-3/h4-15H,1-3H3,(H,27,31). The van der Waals surface area contributed by atoms with Gasteiger partial charge in [-0.15, -0.1) is 10.2 Å². The van der Waals surface area contributed by atoms with Crippen molar-refractivity contribution in [2.75, 3.05) is 19.5 Å². The molecular formula is C26H22N4O3. The number of nitrogens with one attached hydrogen (secondary N) is 1. The fourth-order valence-electron chi connectivity index (χ4n) is 3.79. The molecule has 7 nitrogen and oxygen atoms in total. The number of ether oxygens (including phenoxy) is 2. The molecule has 0 fully saturated rings. The van der Waals surface area contributed by atoms with Crippen molar-refractivity contribution in [1.29, 1.82) is 0 Å². The van der Waals surface area contributed by atoms with E-state index in [0.29, 0.717) is 22.5 Å². The highest BCUT2D eigenvalue weighted by molar-refractivity contribution is 6.09. The summed E-state index contributed by atoms with van der Waals surface area (Å²) in [5.74, 6) is 1.04. The summed E-state index contributed by atoms with van der Waals surface area (Å²) in [5, 5.41) is 14.1. The van der Waals surface area contributed by atoms with E-state index in [-0.39, 0.29) is 5.91 Å². The molecule has 5 aromatic rings. The van der Waals surface area contributed by atoms with Crippen molar-refractivity contribution in [2.24, 2.45) is 0 Å². The predicted octanol–water partition coefficient (Wildman–Crippen LogP) is 5.15. The summed E-state index contributed by atoms with van der Waals surface area (Å²) in [4.78, 5) is 14.7. The second kappa shape index (κ2) is 8.27. The van der Waals surface area contributed by atoms with Crippen molar-refractivity contribution < 1.29 is 14.3 Å². The third kappa shape index (κ3) is 3.85. The lowest BCUT2D eigenvalue weighted by Crippen LogP contribution is -2.14. The van der Waals surface area contributed by atoms with Crippen LogP contribution in [-0.2, 0) is 0 Å². The van der Waals surface area contributed by atoms with Crippen LogP contribution in [0.25, 0.3) is 27.5 Å². The van der Waals surface area contributed by atoms with E-state index in [4.69, 9.17) is 9.47 Å². The van der Waals surface area contributed by atoms with E-state index in [1.807, 2.05) is 79.7 Å². The summed E-state index contributed by atoms with van der Waals surface area (Å²) >= 11 is 0. The highest BCUT2D eigenvalue weighted by Gasteiger charge is 2.16. The maximum Gasteiger partial charge on any atom is 0.259 e. The number of aryl methyl sites for hydroxylation is 1. The molecule has 0 atom stereocenters. The SMILES string of the molecule is COc1ccc(-n2nc3cc(C)c(NC(=O)c4cc5ccccc5cc4OC)cc3n2)cc1. The zero-order valence-electron chi connectivity index (χ0n) is 18.5. The Bertz CT molecular complexity index is 1490. The number of aromatic nitrogens is 3. The van der Waals surface area contributed by atoms with Gasteiger partial charge in [0.2, 0.25) is 0 Å². The topological polar surface area (TPSA) is 78.3 Å². The van der Waals surface area contributed by atoms with Crippen molar-refractivity contribution in [2.45, 2.75) is 6.92 Å². The lowest BCUT2D eigenvalue weighted by atomic mass is 10.0. The van der Waals surface area contributed by atoms with Crippen LogP contribution in [0.4, 0.5) is 5.69 Å². The Morgan fingerprint density at radius 1 is 0.848 bits per heavy atom. The van der Waals surface area contributed by atoms with Crippen LogP contribution in [0.15, 0.2) is 72.8 Å². The molecule has 1 N–H and O–H groups in total. The minimum Gasteiger partial charge on any atom is -0.497 e. The van der Waals surface area contributed by atoms with Gasteiger partial charge in [0.25, 0.3) is 5.91 Å². The van der Waals surface area contributed by atoms with Gasteiger partial charge in [-0.25, -0.2) is 0 Å². The average molecular weight is 438 g/mol. The van der Waals surface area contributed by atoms with Gasteiger partial charge in [0.1, 0.15) is 22.5 Å². The maximum absolute atomic E-state index is 13.2. The summed E-state index contributed by atoms with van der Waals surface area (Å²) in [5.41, 5.74) is 4.26. The molecule has 0 aliphatic heterocycles. The minimum absolute atomic E-state index is 0.248. The van der Waals surface area contributed by atoms with Crippen molar-refractivity contribution in [1.82, 2.24) is 15.0 Å². The molecule has 0 unspecified atom stereocenters. The fourth-order valence-corrected chi connectivity index (χ4v) is 3.79. The van der Waals surface area contributed by atoms with E-state index in [2.05, 4.69) is 15.5 Å². The zero-order valence-corrected chi connectivity index (χ0v) is 18.5. The molecule has 1 amide bonds. The maximum atomic E-state index is 13.2. The molecule has 1 heterocycles. The first-order valence-electron chi connectivity index (χ1n) is 10.5. The number of amides is 1. The monoisotopic (exact) mass is 438 g/mol. The summed E-state index contributed by atoms with van der Waals surface area (Å²) in [6, 6.07) is 22.8. The van der Waals surface area contributed by atoms with Crippen LogP contribution in [0.2, 0.25) is 0 Å². The van der Waals surface area contributed by atoms with Gasteiger partial charge in [-0.3, -0.25) is 4.79 Å². The first-order chi connectivity index (χ1) is 16.1. The van der Waals surface area contributed by atoms with Gasteiger partial charge in [0.05, 0.1) is 25.5 Å². The Morgan fingerprint density at radius 2 is 1.52 bits per heavy atom. The van der Waals surface area contributed by atoms with E-state index >= 15 is 0 Å². The van der Waals surface area contributed by atoms with E-state index < -0.39 is 0 Å². The third-order valence-corrected chi connectivity index (χ3v) is 5.59. The van der Waals surface area contributed by atoms with Crippen molar-refractivity contribution >= 4 is 33.4 Å². The number of rotatable bonds is 5. The molecule has 0 saturated heterocycles. The quantitative estimate of drug-likeness (QED) is 0.411. The molecule has 5 rings (SSSR count). The van der Waals surface area contributed by atoms with Crippen molar-refractivity contribution in [3.8, 4) is 17.2 Å². The lowest BCUT2D eigenvalue weighted by Gasteiger charge is -2.12. The summed E-state index contributed by atoms with van der Waals surface area (Å²) < 4.78 is 10.7. The fraction of sp³-hybridized carbons (Fsp3) is 0.115. The third-order valence-electron chi connectivity index (χ3n) is 5.59. The lowest BCUT2D eigenvalue weighted by molar-refractivity contribution is 0.102. The van der Waals surface area contributed by atoms with Gasteiger partial charge in [0, 0.05) is 5.69 Å². The van der Waals surface area contributed by atoms with Gasteiger partial charge < -0.3 is 14.8 Å². The zero-order chi connectivity index (χ0) is 22.9. The van der Waals surface area contributed by atoms with Crippen molar-refractivity contribution in [3.63, 3.8) is 0 Å². The first kappa shape index (κ1) is 20.5. The van der Waals surface area contributed by atoms with Gasteiger partial charge in [-0.05, 0) is 71.8 Å².